The molecule has 0 spiro atoms. The Morgan fingerprint density at radius 3 is 0.803 bits per heavy atom. The fourth-order valence-corrected chi connectivity index (χ4v) is 8.34. The lowest BCUT2D eigenvalue weighted by molar-refractivity contribution is -0.167. The molecule has 0 radical (unpaired) electrons. The van der Waals surface area contributed by atoms with Gasteiger partial charge < -0.3 is 14.2 Å². The summed E-state index contributed by atoms with van der Waals surface area (Å²) in [7, 11) is 0. The molecule has 362 valence electrons. The zero-order valence-corrected chi connectivity index (χ0v) is 41.8. The molecule has 0 saturated heterocycles. The molecule has 6 nitrogen and oxygen atoms in total. The largest absolute Gasteiger partial charge is 0.462 e. The number of ether oxygens (including phenoxy) is 3. The van der Waals surface area contributed by atoms with Crippen molar-refractivity contribution in [2.24, 2.45) is 11.8 Å². The van der Waals surface area contributed by atoms with Crippen LogP contribution in [0.5, 0.6) is 0 Å². The highest BCUT2D eigenvalue weighted by atomic mass is 16.6. The van der Waals surface area contributed by atoms with Crippen molar-refractivity contribution < 1.29 is 28.6 Å². The molecule has 0 amide bonds. The van der Waals surface area contributed by atoms with Crippen molar-refractivity contribution in [2.75, 3.05) is 13.2 Å². The number of hydrogen-bond donors (Lipinski definition) is 0. The average molecular weight is 863 g/mol. The van der Waals surface area contributed by atoms with Crippen LogP contribution in [0.15, 0.2) is 0 Å². The van der Waals surface area contributed by atoms with E-state index in [2.05, 4.69) is 34.6 Å². The predicted octanol–water partition coefficient (Wildman–Crippen LogP) is 17.7. The van der Waals surface area contributed by atoms with E-state index in [1.807, 2.05) is 0 Å². The highest BCUT2D eigenvalue weighted by Crippen LogP contribution is 2.18. The summed E-state index contributed by atoms with van der Waals surface area (Å²) in [5.41, 5.74) is 0. The van der Waals surface area contributed by atoms with Crippen LogP contribution >= 0.6 is 0 Å². The third kappa shape index (κ3) is 49.3. The van der Waals surface area contributed by atoms with Gasteiger partial charge in [-0.15, -0.1) is 0 Å². The number of hydrogen-bond acceptors (Lipinski definition) is 6. The van der Waals surface area contributed by atoms with Crippen molar-refractivity contribution in [3.63, 3.8) is 0 Å². The first kappa shape index (κ1) is 59.4. The number of esters is 3. The minimum absolute atomic E-state index is 0.0632. The molecule has 0 unspecified atom stereocenters. The van der Waals surface area contributed by atoms with Gasteiger partial charge in [-0.1, -0.05) is 266 Å². The van der Waals surface area contributed by atoms with Crippen molar-refractivity contribution >= 4 is 17.9 Å². The molecule has 0 aromatic rings. The Morgan fingerprint density at radius 2 is 0.541 bits per heavy atom. The van der Waals surface area contributed by atoms with Crippen molar-refractivity contribution in [3.8, 4) is 0 Å². The molecule has 1 atom stereocenters. The van der Waals surface area contributed by atoms with Gasteiger partial charge in [0.15, 0.2) is 6.10 Å². The van der Waals surface area contributed by atoms with E-state index in [0.717, 1.165) is 69.6 Å². The lowest BCUT2D eigenvalue weighted by Gasteiger charge is -2.18. The van der Waals surface area contributed by atoms with E-state index in [0.29, 0.717) is 19.3 Å². The Morgan fingerprint density at radius 1 is 0.311 bits per heavy atom. The molecule has 0 aliphatic carbocycles. The molecule has 0 bridgehead atoms. The zero-order valence-electron chi connectivity index (χ0n) is 41.8. The minimum Gasteiger partial charge on any atom is -0.462 e. The molecule has 61 heavy (non-hydrogen) atoms. The second-order valence-electron chi connectivity index (χ2n) is 19.8. The second kappa shape index (κ2) is 47.9. The normalized spacial score (nSPS) is 12.0. The van der Waals surface area contributed by atoms with E-state index in [4.69, 9.17) is 14.2 Å². The summed E-state index contributed by atoms with van der Waals surface area (Å²) in [6.45, 7) is 11.4. The van der Waals surface area contributed by atoms with Crippen LogP contribution in [0.2, 0.25) is 0 Å². The molecule has 0 saturated carbocycles. The summed E-state index contributed by atoms with van der Waals surface area (Å²) in [5, 5.41) is 0. The SMILES string of the molecule is CCCCCCCCCCCCCCCC(=O)O[C@@H](COC(=O)CCCCCCCCCCCCCCCCC(C)C)COC(=O)CCCCCCCCCCCCC(C)C. The van der Waals surface area contributed by atoms with Gasteiger partial charge in [-0.3, -0.25) is 14.4 Å². The van der Waals surface area contributed by atoms with Gasteiger partial charge in [0, 0.05) is 19.3 Å². The van der Waals surface area contributed by atoms with Crippen LogP contribution in [-0.4, -0.2) is 37.2 Å². The molecule has 0 rings (SSSR count). The Bertz CT molecular complexity index is 931. The van der Waals surface area contributed by atoms with Crippen LogP contribution in [0, 0.1) is 11.8 Å². The fraction of sp³-hybridized carbons (Fsp3) is 0.945. The maximum atomic E-state index is 12.8. The highest BCUT2D eigenvalue weighted by molar-refractivity contribution is 5.71. The Labute approximate surface area is 380 Å². The van der Waals surface area contributed by atoms with Gasteiger partial charge in [0.1, 0.15) is 13.2 Å². The van der Waals surface area contributed by atoms with Gasteiger partial charge in [-0.25, -0.2) is 0 Å². The Balaban J connectivity index is 4.29. The van der Waals surface area contributed by atoms with E-state index in [1.165, 1.54) is 193 Å². The van der Waals surface area contributed by atoms with Gasteiger partial charge in [0.2, 0.25) is 0 Å². The molecule has 0 fully saturated rings. The van der Waals surface area contributed by atoms with Crippen LogP contribution < -0.4 is 0 Å². The first-order valence-electron chi connectivity index (χ1n) is 27.2. The van der Waals surface area contributed by atoms with E-state index in [1.54, 1.807) is 0 Å². The van der Waals surface area contributed by atoms with Gasteiger partial charge in [-0.05, 0) is 31.1 Å². The molecule has 0 aliphatic rings. The highest BCUT2D eigenvalue weighted by Gasteiger charge is 2.19. The summed E-state index contributed by atoms with van der Waals surface area (Å²) in [5.74, 6) is 0.819. The van der Waals surface area contributed by atoms with Crippen molar-refractivity contribution in [1.29, 1.82) is 0 Å². The van der Waals surface area contributed by atoms with Gasteiger partial charge in [-0.2, -0.15) is 0 Å². The summed E-state index contributed by atoms with van der Waals surface area (Å²) in [4.78, 5) is 38.0. The summed E-state index contributed by atoms with van der Waals surface area (Å²) in [6, 6.07) is 0. The van der Waals surface area contributed by atoms with Gasteiger partial charge in [0.05, 0.1) is 0 Å². The zero-order chi connectivity index (χ0) is 44.7. The maximum Gasteiger partial charge on any atom is 0.306 e. The average Bonchev–Trinajstić information content (AvgIpc) is 3.23. The second-order valence-corrected chi connectivity index (χ2v) is 19.8. The molecule has 0 aromatic heterocycles. The maximum absolute atomic E-state index is 12.8. The molecular formula is C55H106O6. The van der Waals surface area contributed by atoms with E-state index in [9.17, 15) is 14.4 Å². The van der Waals surface area contributed by atoms with E-state index in [-0.39, 0.29) is 31.1 Å². The monoisotopic (exact) mass is 863 g/mol. The van der Waals surface area contributed by atoms with Crippen LogP contribution in [0.3, 0.4) is 0 Å². The third-order valence-corrected chi connectivity index (χ3v) is 12.5. The molecule has 0 aliphatic heterocycles. The van der Waals surface area contributed by atoms with Crippen LogP contribution in [0.4, 0.5) is 0 Å². The molecular weight excluding hydrogens is 757 g/mol. The third-order valence-electron chi connectivity index (χ3n) is 12.5. The standard InChI is InChI=1S/C55H106O6/c1-6-7-8-9-10-11-12-15-20-27-32-37-42-47-55(58)61-52(49-60-54(57)46-41-36-31-26-22-21-24-29-34-39-44-51(4)5)48-59-53(56)45-40-35-30-25-19-17-14-13-16-18-23-28-33-38-43-50(2)3/h50-52H,6-49H2,1-5H3/t52-/m0/s1. The molecule has 0 N–H and O–H groups in total. The molecule has 6 heteroatoms. The lowest BCUT2D eigenvalue weighted by atomic mass is 10.0. The van der Waals surface area contributed by atoms with E-state index >= 15 is 0 Å². The summed E-state index contributed by atoms with van der Waals surface area (Å²) >= 11 is 0. The van der Waals surface area contributed by atoms with Crippen molar-refractivity contribution in [1.82, 2.24) is 0 Å². The van der Waals surface area contributed by atoms with Gasteiger partial charge in [0.25, 0.3) is 0 Å². The van der Waals surface area contributed by atoms with Crippen LogP contribution in [-0.2, 0) is 28.6 Å². The van der Waals surface area contributed by atoms with Gasteiger partial charge >= 0.3 is 17.9 Å². The number of unbranched alkanes of at least 4 members (excludes halogenated alkanes) is 34. The number of rotatable bonds is 49. The van der Waals surface area contributed by atoms with Crippen LogP contribution in [0.1, 0.15) is 304 Å². The topological polar surface area (TPSA) is 78.9 Å². The first-order valence-corrected chi connectivity index (χ1v) is 27.2. The first-order chi connectivity index (χ1) is 29.7. The fourth-order valence-electron chi connectivity index (χ4n) is 8.34. The van der Waals surface area contributed by atoms with Crippen molar-refractivity contribution in [2.45, 2.75) is 310 Å². The summed E-state index contributed by atoms with van der Waals surface area (Å²) in [6.07, 6.45) is 49.4. The van der Waals surface area contributed by atoms with Crippen molar-refractivity contribution in [3.05, 3.63) is 0 Å². The Kier molecular flexibility index (Phi) is 46.6. The Hall–Kier alpha value is -1.59. The summed E-state index contributed by atoms with van der Waals surface area (Å²) < 4.78 is 16.8. The quantitative estimate of drug-likeness (QED) is 0.0344. The smallest absolute Gasteiger partial charge is 0.306 e. The minimum atomic E-state index is -0.762. The molecule has 0 heterocycles. The predicted molar refractivity (Wildman–Crippen MR) is 261 cm³/mol. The van der Waals surface area contributed by atoms with E-state index < -0.39 is 6.10 Å². The number of carbonyl (C=O) groups excluding carboxylic acids is 3. The lowest BCUT2D eigenvalue weighted by Crippen LogP contribution is -2.30. The number of carbonyl (C=O) groups is 3. The van der Waals surface area contributed by atoms with Crippen LogP contribution in [0.25, 0.3) is 0 Å². The molecule has 0 aromatic carbocycles.